The molecule has 1 atom stereocenters. The zero-order valence-electron chi connectivity index (χ0n) is 13.0. The molecule has 2 aromatic carbocycles. The number of aliphatic carboxylic acids is 1. The molecule has 0 aliphatic carbocycles. The van der Waals surface area contributed by atoms with Crippen molar-refractivity contribution in [1.29, 1.82) is 0 Å². The van der Waals surface area contributed by atoms with Crippen LogP contribution in [-0.4, -0.2) is 29.2 Å². The van der Waals surface area contributed by atoms with Gasteiger partial charge in [0.05, 0.1) is 0 Å². The number of nitrogens with one attached hydrogen (secondary N) is 1. The summed E-state index contributed by atoms with van der Waals surface area (Å²) in [6.07, 6.45) is 0.291. The van der Waals surface area contributed by atoms with Crippen molar-refractivity contribution in [3.05, 3.63) is 65.7 Å². The van der Waals surface area contributed by atoms with Crippen LogP contribution in [0.5, 0.6) is 5.75 Å². The normalized spacial score (nSPS) is 11.7. The number of carboxylic acids is 1. The molecule has 0 spiro atoms. The third-order valence-electron chi connectivity index (χ3n) is 3.35. The van der Waals surface area contributed by atoms with Gasteiger partial charge in [0, 0.05) is 0 Å². The van der Waals surface area contributed by atoms with Crippen molar-refractivity contribution in [3.63, 3.8) is 0 Å². The Hall–Kier alpha value is -2.31. The Labute approximate surface area is 136 Å². The van der Waals surface area contributed by atoms with Crippen LogP contribution in [0.3, 0.4) is 0 Å². The van der Waals surface area contributed by atoms with Gasteiger partial charge in [0.15, 0.2) is 0 Å². The highest BCUT2D eigenvalue weighted by atomic mass is 16.5. The lowest BCUT2D eigenvalue weighted by atomic mass is 9.86. The largest absolute Gasteiger partial charge is 0.489 e. The fourth-order valence-corrected chi connectivity index (χ4v) is 2.21. The predicted molar refractivity (Wildman–Crippen MR) is 89.3 cm³/mol. The van der Waals surface area contributed by atoms with Crippen LogP contribution in [-0.2, 0) is 17.8 Å². The smallest absolute Gasteiger partial charge is 0.374 e. The quantitative estimate of drug-likeness (QED) is 0.649. The van der Waals surface area contributed by atoms with Crippen molar-refractivity contribution in [3.8, 4) is 5.75 Å². The van der Waals surface area contributed by atoms with E-state index in [1.807, 2.05) is 54.6 Å². The Morgan fingerprint density at radius 3 is 2.35 bits per heavy atom. The van der Waals surface area contributed by atoms with E-state index in [0.29, 0.717) is 13.0 Å². The summed E-state index contributed by atoms with van der Waals surface area (Å²) in [4.78, 5) is 11.2. The number of hydrogen-bond acceptors (Lipinski definition) is 4. The molecule has 2 aromatic rings. The second-order valence-electron chi connectivity index (χ2n) is 5.36. The van der Waals surface area contributed by atoms with Crippen molar-refractivity contribution in [2.24, 2.45) is 0 Å². The molecular weight excluding hydrogens is 293 g/mol. The Balaban J connectivity index is 1.92. The van der Waals surface area contributed by atoms with Crippen LogP contribution in [0.25, 0.3) is 0 Å². The molecule has 23 heavy (non-hydrogen) atoms. The number of benzene rings is 2. The maximum atomic E-state index is 11.2. The van der Waals surface area contributed by atoms with Gasteiger partial charge in [-0.3, -0.25) is 4.79 Å². The molecule has 0 amide bonds. The van der Waals surface area contributed by atoms with Crippen LogP contribution in [0.4, 0.5) is 0 Å². The summed E-state index contributed by atoms with van der Waals surface area (Å²) in [6.45, 7) is 1.98. The van der Waals surface area contributed by atoms with E-state index < -0.39 is 19.1 Å². The summed E-state index contributed by atoms with van der Waals surface area (Å²) < 4.78 is 5.69. The molecule has 5 nitrogen and oxygen atoms in total. The third kappa shape index (κ3) is 5.77. The van der Waals surface area contributed by atoms with Crippen molar-refractivity contribution >= 4 is 13.0 Å². The zero-order valence-corrected chi connectivity index (χ0v) is 13.0. The van der Waals surface area contributed by atoms with E-state index in [9.17, 15) is 9.82 Å². The van der Waals surface area contributed by atoms with Gasteiger partial charge in [-0.2, -0.15) is 0 Å². The molecule has 0 fully saturated rings. The van der Waals surface area contributed by atoms with Crippen LogP contribution in [0.2, 0.25) is 6.82 Å². The molecule has 0 aliphatic heterocycles. The summed E-state index contributed by atoms with van der Waals surface area (Å²) in [5.74, 6) is -0.261. The number of hydrogen-bond donors (Lipinski definition) is 3. The Kier molecular flexibility index (Phi) is 6.20. The van der Waals surface area contributed by atoms with E-state index in [4.69, 9.17) is 9.84 Å². The van der Waals surface area contributed by atoms with E-state index in [1.165, 1.54) is 6.82 Å². The van der Waals surface area contributed by atoms with E-state index in [1.54, 1.807) is 0 Å². The van der Waals surface area contributed by atoms with Gasteiger partial charge in [0.2, 0.25) is 0 Å². The first-order valence-electron chi connectivity index (χ1n) is 7.47. The van der Waals surface area contributed by atoms with Crippen molar-refractivity contribution < 1.29 is 19.7 Å². The van der Waals surface area contributed by atoms with Crippen LogP contribution < -0.4 is 9.96 Å². The molecule has 6 heteroatoms. The molecule has 1 unspecified atom stereocenters. The molecule has 0 aromatic heterocycles. The van der Waals surface area contributed by atoms with Gasteiger partial charge in [0.25, 0.3) is 0 Å². The minimum absolute atomic E-state index is 0.291. The molecule has 0 bridgehead atoms. The first-order chi connectivity index (χ1) is 11.0. The molecular formula is C17H20BNO4. The van der Waals surface area contributed by atoms with Gasteiger partial charge >= 0.3 is 13.0 Å². The lowest BCUT2D eigenvalue weighted by Gasteiger charge is -2.15. The summed E-state index contributed by atoms with van der Waals surface area (Å²) in [7, 11) is -0.871. The van der Waals surface area contributed by atoms with E-state index in [0.717, 1.165) is 16.9 Å². The molecule has 0 radical (unpaired) electrons. The van der Waals surface area contributed by atoms with Gasteiger partial charge in [-0.15, -0.1) is 0 Å². The van der Waals surface area contributed by atoms with Gasteiger partial charge in [0.1, 0.15) is 18.4 Å². The monoisotopic (exact) mass is 313 g/mol. The lowest BCUT2D eigenvalue weighted by molar-refractivity contribution is -0.139. The minimum atomic E-state index is -0.990. The maximum absolute atomic E-state index is 11.2. The van der Waals surface area contributed by atoms with Crippen molar-refractivity contribution in [1.82, 2.24) is 5.23 Å². The second kappa shape index (κ2) is 8.36. The van der Waals surface area contributed by atoms with E-state index in [-0.39, 0.29) is 0 Å². The fourth-order valence-electron chi connectivity index (χ4n) is 2.21. The zero-order chi connectivity index (χ0) is 16.7. The van der Waals surface area contributed by atoms with E-state index in [2.05, 4.69) is 5.23 Å². The Morgan fingerprint density at radius 1 is 1.13 bits per heavy atom. The first kappa shape index (κ1) is 17.1. The molecule has 0 heterocycles. The number of carbonyl (C=O) groups is 1. The standard InChI is InChI=1S/C17H20BNO4/c1-18(22)19-16(17(20)21)11-13-7-9-15(10-8-13)23-12-14-5-3-2-4-6-14/h2-10,16,19,22H,11-12H2,1H3,(H,20,21). The van der Waals surface area contributed by atoms with Gasteiger partial charge in [-0.05, 0) is 36.5 Å². The summed E-state index contributed by atoms with van der Waals surface area (Å²) in [5.41, 5.74) is 1.95. The molecule has 0 saturated heterocycles. The molecule has 2 rings (SSSR count). The number of rotatable bonds is 8. The maximum Gasteiger partial charge on any atom is 0.374 e. The Morgan fingerprint density at radius 2 is 1.78 bits per heavy atom. The lowest BCUT2D eigenvalue weighted by Crippen LogP contribution is -2.46. The summed E-state index contributed by atoms with van der Waals surface area (Å²) in [6, 6.07) is 16.3. The molecule has 120 valence electrons. The number of ether oxygens (including phenoxy) is 1. The topological polar surface area (TPSA) is 78.8 Å². The van der Waals surface area contributed by atoms with Crippen molar-refractivity contribution in [2.45, 2.75) is 25.9 Å². The van der Waals surface area contributed by atoms with Crippen LogP contribution in [0.15, 0.2) is 54.6 Å². The SMILES string of the molecule is CB(O)NC(Cc1ccc(OCc2ccccc2)cc1)C(=O)O. The summed E-state index contributed by atoms with van der Waals surface area (Å²) in [5, 5.41) is 21.0. The molecule has 3 N–H and O–H groups in total. The van der Waals surface area contributed by atoms with Crippen molar-refractivity contribution in [2.75, 3.05) is 0 Å². The Bertz CT molecular complexity index is 616. The minimum Gasteiger partial charge on any atom is -0.489 e. The van der Waals surface area contributed by atoms with E-state index >= 15 is 0 Å². The van der Waals surface area contributed by atoms with Crippen LogP contribution >= 0.6 is 0 Å². The first-order valence-corrected chi connectivity index (χ1v) is 7.47. The van der Waals surface area contributed by atoms with Gasteiger partial charge in [-0.1, -0.05) is 42.5 Å². The predicted octanol–water partition coefficient (Wildman–Crippen LogP) is 1.96. The van der Waals surface area contributed by atoms with Crippen LogP contribution in [0, 0.1) is 0 Å². The third-order valence-corrected chi connectivity index (χ3v) is 3.35. The van der Waals surface area contributed by atoms with Crippen LogP contribution in [0.1, 0.15) is 11.1 Å². The number of carboxylic acid groups (broad SMARTS) is 1. The highest BCUT2D eigenvalue weighted by Gasteiger charge is 2.20. The summed E-state index contributed by atoms with van der Waals surface area (Å²) >= 11 is 0. The average molecular weight is 313 g/mol. The molecule has 0 saturated carbocycles. The highest BCUT2D eigenvalue weighted by Crippen LogP contribution is 2.15. The van der Waals surface area contributed by atoms with Gasteiger partial charge in [-0.25, -0.2) is 0 Å². The fraction of sp³-hybridized carbons (Fsp3) is 0.235. The molecule has 0 aliphatic rings. The second-order valence-corrected chi connectivity index (χ2v) is 5.36. The highest BCUT2D eigenvalue weighted by molar-refractivity contribution is 6.46. The van der Waals surface area contributed by atoms with Gasteiger partial charge < -0.3 is 20.1 Å². The average Bonchev–Trinajstić information content (AvgIpc) is 2.54.